The molecule has 0 amide bonds. The summed E-state index contributed by atoms with van der Waals surface area (Å²) in [4.78, 5) is 2.17. The van der Waals surface area contributed by atoms with Crippen LogP contribution in [0.25, 0.3) is 0 Å². The van der Waals surface area contributed by atoms with E-state index in [1.54, 1.807) is 7.11 Å². The summed E-state index contributed by atoms with van der Waals surface area (Å²) in [6, 6.07) is 0.212. The number of ether oxygens (including phenoxy) is 1. The molecule has 1 rings (SSSR count). The van der Waals surface area contributed by atoms with Gasteiger partial charge < -0.3 is 15.0 Å². The molecule has 0 aromatic carbocycles. The van der Waals surface area contributed by atoms with Gasteiger partial charge in [-0.05, 0) is 56.8 Å². The molecule has 122 valence electrons. The lowest BCUT2D eigenvalue weighted by molar-refractivity contribution is 0.00617. The average molecular weight is 361 g/mol. The Labute approximate surface area is 137 Å². The number of hydrogen-bond donors (Lipinski definition) is 1. The van der Waals surface area contributed by atoms with Gasteiger partial charge in [0.25, 0.3) is 0 Å². The summed E-state index contributed by atoms with van der Waals surface area (Å²) in [6.07, 6.45) is 2.78. The van der Waals surface area contributed by atoms with Crippen molar-refractivity contribution >= 4 is 15.9 Å². The molecule has 0 bridgehead atoms. The van der Waals surface area contributed by atoms with Crippen molar-refractivity contribution in [2.24, 2.45) is 0 Å². The third-order valence-corrected chi connectivity index (χ3v) is 4.23. The number of hydrogen-bond acceptors (Lipinski definition) is 4. The van der Waals surface area contributed by atoms with Gasteiger partial charge >= 0.3 is 0 Å². The van der Waals surface area contributed by atoms with Crippen LogP contribution in [0.4, 0.5) is 0 Å². The highest BCUT2D eigenvalue weighted by Crippen LogP contribution is 2.30. The monoisotopic (exact) mass is 360 g/mol. The van der Waals surface area contributed by atoms with Crippen molar-refractivity contribution in [2.75, 3.05) is 34.3 Å². The molecule has 0 aliphatic heterocycles. The Balaban J connectivity index is 2.98. The van der Waals surface area contributed by atoms with Crippen molar-refractivity contribution in [3.63, 3.8) is 0 Å². The second-order valence-corrected chi connectivity index (χ2v) is 7.04. The highest BCUT2D eigenvalue weighted by atomic mass is 79.9. The van der Waals surface area contributed by atoms with Crippen LogP contribution in [0.5, 0.6) is 0 Å². The van der Waals surface area contributed by atoms with Crippen molar-refractivity contribution in [3.05, 3.63) is 16.4 Å². The van der Waals surface area contributed by atoms with E-state index in [1.807, 2.05) is 6.20 Å². The number of nitrogens with one attached hydrogen (secondary N) is 1. The van der Waals surface area contributed by atoms with Crippen molar-refractivity contribution in [2.45, 2.75) is 45.4 Å². The molecule has 0 aliphatic rings. The van der Waals surface area contributed by atoms with Crippen molar-refractivity contribution in [1.29, 1.82) is 0 Å². The Morgan fingerprint density at radius 3 is 2.67 bits per heavy atom. The Hall–Kier alpha value is -0.430. The van der Waals surface area contributed by atoms with Crippen molar-refractivity contribution in [1.82, 2.24) is 20.0 Å². The van der Waals surface area contributed by atoms with E-state index in [2.05, 4.69) is 70.8 Å². The largest absolute Gasteiger partial charge is 0.379 e. The highest BCUT2D eigenvalue weighted by Gasteiger charge is 2.27. The van der Waals surface area contributed by atoms with Gasteiger partial charge in [-0.15, -0.1) is 0 Å². The van der Waals surface area contributed by atoms with Gasteiger partial charge in [0, 0.05) is 13.7 Å². The van der Waals surface area contributed by atoms with Crippen LogP contribution < -0.4 is 5.32 Å². The fraction of sp³-hybridized carbons (Fsp3) is 0.800. The van der Waals surface area contributed by atoms with Gasteiger partial charge in [0.1, 0.15) is 0 Å². The first-order chi connectivity index (χ1) is 9.80. The number of rotatable bonds is 9. The molecule has 0 fully saturated rings. The van der Waals surface area contributed by atoms with Crippen LogP contribution in [0.15, 0.2) is 10.7 Å². The maximum absolute atomic E-state index is 5.60. The Kier molecular flexibility index (Phi) is 7.33. The molecule has 1 aromatic rings. The normalized spacial score (nSPS) is 13.9. The lowest BCUT2D eigenvalue weighted by Crippen LogP contribution is -2.34. The summed E-state index contributed by atoms with van der Waals surface area (Å²) in [7, 11) is 5.92. The predicted molar refractivity (Wildman–Crippen MR) is 90.6 cm³/mol. The van der Waals surface area contributed by atoms with Gasteiger partial charge in [-0.3, -0.25) is 4.68 Å². The summed E-state index contributed by atoms with van der Waals surface area (Å²) in [5.74, 6) is 0. The van der Waals surface area contributed by atoms with Crippen molar-refractivity contribution < 1.29 is 4.74 Å². The van der Waals surface area contributed by atoms with E-state index in [0.717, 1.165) is 30.5 Å². The smallest absolute Gasteiger partial charge is 0.0697 e. The molecule has 0 radical (unpaired) electrons. The van der Waals surface area contributed by atoms with E-state index in [9.17, 15) is 0 Å². The minimum absolute atomic E-state index is 0.178. The zero-order chi connectivity index (χ0) is 16.0. The first-order valence-corrected chi connectivity index (χ1v) is 8.24. The topological polar surface area (TPSA) is 42.3 Å². The molecule has 0 aliphatic carbocycles. The van der Waals surface area contributed by atoms with Gasteiger partial charge in [0.15, 0.2) is 0 Å². The van der Waals surface area contributed by atoms with Gasteiger partial charge in [-0.25, -0.2) is 0 Å². The molecule has 0 spiro atoms. The van der Waals surface area contributed by atoms with Crippen LogP contribution in [0.2, 0.25) is 0 Å². The van der Waals surface area contributed by atoms with Crippen LogP contribution in [-0.2, 0) is 11.3 Å². The minimum Gasteiger partial charge on any atom is -0.379 e. The lowest BCUT2D eigenvalue weighted by Gasteiger charge is -2.30. The number of methoxy groups -OCH3 is 1. The second kappa shape index (κ2) is 8.27. The van der Waals surface area contributed by atoms with Crippen LogP contribution in [0.3, 0.4) is 0 Å². The second-order valence-electron chi connectivity index (χ2n) is 6.18. The number of nitrogens with zero attached hydrogens (tertiary/aromatic N) is 3. The molecule has 6 heteroatoms. The van der Waals surface area contributed by atoms with Crippen LogP contribution in [0.1, 0.15) is 38.9 Å². The van der Waals surface area contributed by atoms with Gasteiger partial charge in [-0.1, -0.05) is 6.92 Å². The standard InChI is InChI=1S/C15H29BrN4O/c1-7-17-13(10-15(2,3)21-6)14-12(16)11-18-20(14)9-8-19(4)5/h11,13,17H,7-10H2,1-6H3. The molecular weight excluding hydrogens is 332 g/mol. The van der Waals surface area contributed by atoms with E-state index in [1.165, 1.54) is 5.69 Å². The number of aromatic nitrogens is 2. The number of halogens is 1. The van der Waals surface area contributed by atoms with E-state index in [-0.39, 0.29) is 11.6 Å². The van der Waals surface area contributed by atoms with Crippen LogP contribution >= 0.6 is 15.9 Å². The maximum atomic E-state index is 5.60. The minimum atomic E-state index is -0.178. The molecule has 21 heavy (non-hydrogen) atoms. The third-order valence-electron chi connectivity index (χ3n) is 3.62. The third kappa shape index (κ3) is 5.70. The van der Waals surface area contributed by atoms with Crippen LogP contribution in [-0.4, -0.2) is 54.6 Å². The highest BCUT2D eigenvalue weighted by molar-refractivity contribution is 9.10. The zero-order valence-electron chi connectivity index (χ0n) is 14.1. The van der Waals surface area contributed by atoms with Gasteiger partial charge in [0.05, 0.1) is 34.6 Å². The molecular formula is C15H29BrN4O. The fourth-order valence-electron chi connectivity index (χ4n) is 2.28. The Morgan fingerprint density at radius 1 is 1.48 bits per heavy atom. The molecule has 1 N–H and O–H groups in total. The van der Waals surface area contributed by atoms with E-state index < -0.39 is 0 Å². The summed E-state index contributed by atoms with van der Waals surface area (Å²) >= 11 is 3.65. The van der Waals surface area contributed by atoms with E-state index in [0.29, 0.717) is 0 Å². The average Bonchev–Trinajstić information content (AvgIpc) is 2.77. The molecule has 1 unspecified atom stereocenters. The quantitative estimate of drug-likeness (QED) is 0.734. The molecule has 5 nitrogen and oxygen atoms in total. The lowest BCUT2D eigenvalue weighted by atomic mass is 9.96. The van der Waals surface area contributed by atoms with Gasteiger partial charge in [-0.2, -0.15) is 5.10 Å². The Bertz CT molecular complexity index is 431. The zero-order valence-corrected chi connectivity index (χ0v) is 15.7. The Morgan fingerprint density at radius 2 is 2.14 bits per heavy atom. The fourth-order valence-corrected chi connectivity index (χ4v) is 2.85. The first-order valence-electron chi connectivity index (χ1n) is 7.45. The first kappa shape index (κ1) is 18.6. The SMILES string of the molecule is CCNC(CC(C)(C)OC)c1c(Br)cnn1CCN(C)C. The molecule has 1 heterocycles. The molecule has 1 atom stereocenters. The van der Waals surface area contributed by atoms with E-state index in [4.69, 9.17) is 4.74 Å². The molecule has 1 aromatic heterocycles. The van der Waals surface area contributed by atoms with Crippen LogP contribution in [0, 0.1) is 0 Å². The molecule has 0 saturated carbocycles. The summed E-state index contributed by atoms with van der Waals surface area (Å²) < 4.78 is 8.74. The van der Waals surface area contributed by atoms with E-state index >= 15 is 0 Å². The molecule has 0 saturated heterocycles. The maximum Gasteiger partial charge on any atom is 0.0697 e. The van der Waals surface area contributed by atoms with Crippen molar-refractivity contribution in [3.8, 4) is 0 Å². The predicted octanol–water partition coefficient (Wildman–Crippen LogP) is 2.67. The van der Waals surface area contributed by atoms with Gasteiger partial charge in [0.2, 0.25) is 0 Å². The summed E-state index contributed by atoms with van der Waals surface area (Å²) in [6.45, 7) is 9.12. The number of likely N-dealkylation sites (N-methyl/N-ethyl adjacent to an activating group) is 1. The summed E-state index contributed by atoms with van der Waals surface area (Å²) in [5.41, 5.74) is 1.02. The summed E-state index contributed by atoms with van der Waals surface area (Å²) in [5, 5.41) is 8.07.